The molecule has 1 aromatic heterocycles. The van der Waals surface area contributed by atoms with Crippen LogP contribution in [0.4, 0.5) is 10.8 Å². The summed E-state index contributed by atoms with van der Waals surface area (Å²) in [6.07, 6.45) is 0. The summed E-state index contributed by atoms with van der Waals surface area (Å²) < 4.78 is 21.4. The van der Waals surface area contributed by atoms with E-state index in [4.69, 9.17) is 4.74 Å². The Balaban J connectivity index is 1.60. The van der Waals surface area contributed by atoms with Crippen molar-refractivity contribution in [1.29, 1.82) is 0 Å². The summed E-state index contributed by atoms with van der Waals surface area (Å²) in [6.45, 7) is 1.86. The molecule has 3 aromatic carbocycles. The number of phenolic OH excluding ortho intramolecular Hbond substituents is 1. The molecule has 0 radical (unpaired) electrons. The predicted molar refractivity (Wildman–Crippen MR) is 131 cm³/mol. The fourth-order valence-electron chi connectivity index (χ4n) is 3.13. The molecule has 0 bridgehead atoms. The van der Waals surface area contributed by atoms with Crippen molar-refractivity contribution in [3.8, 4) is 21.9 Å². The molecule has 1 amide bonds. The smallest absolute Gasteiger partial charge is 0.257 e. The number of ether oxygens (including phenoxy) is 1. The number of hydrogen-bond donors (Lipinski definition) is 3. The molecular weight excluding hydrogens is 458 g/mol. The van der Waals surface area contributed by atoms with Gasteiger partial charge in [-0.3, -0.25) is 10.1 Å². The van der Waals surface area contributed by atoms with Crippen molar-refractivity contribution < 1.29 is 18.8 Å². The van der Waals surface area contributed by atoms with Crippen molar-refractivity contribution in [3.05, 3.63) is 84.1 Å². The number of amides is 1. The molecule has 0 saturated heterocycles. The Morgan fingerprint density at radius 3 is 2.48 bits per heavy atom. The Bertz CT molecular complexity index is 1310. The zero-order valence-electron chi connectivity index (χ0n) is 17.9. The van der Waals surface area contributed by atoms with Crippen LogP contribution in [0.3, 0.4) is 0 Å². The van der Waals surface area contributed by atoms with E-state index in [1.165, 1.54) is 30.6 Å². The Hall–Kier alpha value is -3.69. The standard InChI is InChI=1S/C24H21N3O4S2/c1-15-22(32-24(25-15)26-23(29)16-6-4-3-5-7-16)17-8-13-20(31-2)21(14-17)33(30)27-18-9-11-19(28)12-10-18/h3-14,27-28H,1-2H3,(H,25,26,29). The van der Waals surface area contributed by atoms with Crippen molar-refractivity contribution >= 4 is 39.0 Å². The molecule has 0 saturated carbocycles. The zero-order chi connectivity index (χ0) is 23.4. The number of nitrogens with one attached hydrogen (secondary N) is 2. The number of carbonyl (C=O) groups excluding carboxylic acids is 1. The van der Waals surface area contributed by atoms with Gasteiger partial charge in [-0.05, 0) is 67.1 Å². The van der Waals surface area contributed by atoms with Crippen LogP contribution in [-0.2, 0) is 11.0 Å². The Morgan fingerprint density at radius 2 is 1.79 bits per heavy atom. The minimum atomic E-state index is -1.61. The molecule has 0 fully saturated rings. The molecule has 0 aliphatic carbocycles. The summed E-state index contributed by atoms with van der Waals surface area (Å²) in [6, 6.07) is 20.6. The fourth-order valence-corrected chi connectivity index (χ4v) is 5.12. The summed E-state index contributed by atoms with van der Waals surface area (Å²) in [5.41, 5.74) is 2.70. The third kappa shape index (κ3) is 5.21. The van der Waals surface area contributed by atoms with E-state index in [1.807, 2.05) is 19.1 Å². The predicted octanol–water partition coefficient (Wildman–Crippen LogP) is 5.22. The van der Waals surface area contributed by atoms with E-state index in [0.717, 1.165) is 16.1 Å². The summed E-state index contributed by atoms with van der Waals surface area (Å²) in [5, 5.41) is 12.8. The monoisotopic (exact) mass is 479 g/mol. The van der Waals surface area contributed by atoms with Crippen LogP contribution >= 0.6 is 11.3 Å². The third-order valence-electron chi connectivity index (χ3n) is 4.76. The van der Waals surface area contributed by atoms with Crippen LogP contribution in [-0.4, -0.2) is 27.3 Å². The number of aromatic hydroxyl groups is 1. The molecule has 1 unspecified atom stereocenters. The Morgan fingerprint density at radius 1 is 1.06 bits per heavy atom. The second kappa shape index (κ2) is 9.85. The van der Waals surface area contributed by atoms with Crippen LogP contribution < -0.4 is 14.8 Å². The van der Waals surface area contributed by atoms with E-state index in [1.54, 1.807) is 48.5 Å². The average Bonchev–Trinajstić information content (AvgIpc) is 3.20. The van der Waals surface area contributed by atoms with Crippen molar-refractivity contribution in [1.82, 2.24) is 4.98 Å². The number of benzene rings is 3. The number of aromatic nitrogens is 1. The first-order chi connectivity index (χ1) is 15.9. The van der Waals surface area contributed by atoms with E-state index in [2.05, 4.69) is 15.0 Å². The molecule has 7 nitrogen and oxygen atoms in total. The minimum Gasteiger partial charge on any atom is -0.508 e. The number of nitrogens with zero attached hydrogens (tertiary/aromatic N) is 1. The van der Waals surface area contributed by atoms with Crippen LogP contribution in [0, 0.1) is 6.92 Å². The summed E-state index contributed by atoms with van der Waals surface area (Å²) in [5.74, 6) is 0.371. The Labute approximate surface area is 197 Å². The maximum absolute atomic E-state index is 13.0. The second-order valence-electron chi connectivity index (χ2n) is 7.04. The van der Waals surface area contributed by atoms with Gasteiger partial charge in [0, 0.05) is 11.3 Å². The molecule has 1 atom stereocenters. The van der Waals surface area contributed by atoms with Crippen LogP contribution in [0.5, 0.6) is 11.5 Å². The van der Waals surface area contributed by atoms with E-state index in [-0.39, 0.29) is 11.7 Å². The maximum Gasteiger partial charge on any atom is 0.257 e. The normalized spacial score (nSPS) is 11.6. The highest BCUT2D eigenvalue weighted by atomic mass is 32.2. The summed E-state index contributed by atoms with van der Waals surface area (Å²) >= 11 is 1.34. The van der Waals surface area contributed by atoms with Crippen LogP contribution in [0.1, 0.15) is 16.1 Å². The van der Waals surface area contributed by atoms with Crippen molar-refractivity contribution in [2.24, 2.45) is 0 Å². The first-order valence-corrected chi connectivity index (χ1v) is 11.9. The summed E-state index contributed by atoms with van der Waals surface area (Å²) in [7, 11) is -0.0932. The number of aryl methyl sites for hydroxylation is 1. The SMILES string of the molecule is COc1ccc(-c2sc(NC(=O)c3ccccc3)nc2C)cc1S(=O)Nc1ccc(O)cc1. The zero-order valence-corrected chi connectivity index (χ0v) is 19.5. The lowest BCUT2D eigenvalue weighted by Crippen LogP contribution is -2.11. The minimum absolute atomic E-state index is 0.127. The molecule has 4 aromatic rings. The van der Waals surface area contributed by atoms with E-state index < -0.39 is 11.0 Å². The molecule has 1 heterocycles. The molecule has 9 heteroatoms. The molecule has 4 rings (SSSR count). The van der Waals surface area contributed by atoms with Crippen LogP contribution in [0.25, 0.3) is 10.4 Å². The number of methoxy groups -OCH3 is 1. The second-order valence-corrected chi connectivity index (χ2v) is 9.22. The van der Waals surface area contributed by atoms with Gasteiger partial charge in [0.1, 0.15) is 16.4 Å². The maximum atomic E-state index is 13.0. The van der Waals surface area contributed by atoms with Crippen LogP contribution in [0.2, 0.25) is 0 Å². The van der Waals surface area contributed by atoms with Crippen molar-refractivity contribution in [2.75, 3.05) is 17.1 Å². The third-order valence-corrected chi connectivity index (χ3v) is 7.02. The van der Waals surface area contributed by atoms with Gasteiger partial charge < -0.3 is 14.6 Å². The lowest BCUT2D eigenvalue weighted by atomic mass is 10.1. The number of carbonyl (C=O) groups is 1. The number of phenols is 1. The van der Waals surface area contributed by atoms with E-state index in [9.17, 15) is 14.1 Å². The first-order valence-electron chi connectivity index (χ1n) is 9.94. The van der Waals surface area contributed by atoms with Gasteiger partial charge >= 0.3 is 0 Å². The molecule has 3 N–H and O–H groups in total. The van der Waals surface area contributed by atoms with E-state index in [0.29, 0.717) is 27.0 Å². The van der Waals surface area contributed by atoms with Gasteiger partial charge in [0.15, 0.2) is 16.1 Å². The first kappa shape index (κ1) is 22.5. The topological polar surface area (TPSA) is 101 Å². The molecule has 0 spiro atoms. The highest BCUT2D eigenvalue weighted by Crippen LogP contribution is 2.36. The van der Waals surface area contributed by atoms with Gasteiger partial charge in [-0.25, -0.2) is 9.19 Å². The number of thiazole rings is 1. The molecule has 168 valence electrons. The molecular formula is C24H21N3O4S2. The van der Waals surface area contributed by atoms with Gasteiger partial charge in [0.2, 0.25) is 0 Å². The lowest BCUT2D eigenvalue weighted by Gasteiger charge is -2.12. The lowest BCUT2D eigenvalue weighted by molar-refractivity contribution is 0.102. The fraction of sp³-hybridized carbons (Fsp3) is 0.0833. The van der Waals surface area contributed by atoms with Gasteiger partial charge in [-0.1, -0.05) is 29.5 Å². The molecule has 33 heavy (non-hydrogen) atoms. The number of rotatable bonds is 7. The quantitative estimate of drug-likeness (QED) is 0.316. The van der Waals surface area contributed by atoms with Gasteiger partial charge in [0.25, 0.3) is 5.91 Å². The highest BCUT2D eigenvalue weighted by Gasteiger charge is 2.17. The highest BCUT2D eigenvalue weighted by molar-refractivity contribution is 7.86. The average molecular weight is 480 g/mol. The van der Waals surface area contributed by atoms with Crippen molar-refractivity contribution in [3.63, 3.8) is 0 Å². The van der Waals surface area contributed by atoms with Crippen molar-refractivity contribution in [2.45, 2.75) is 11.8 Å². The summed E-state index contributed by atoms with van der Waals surface area (Å²) in [4.78, 5) is 18.3. The van der Waals surface area contributed by atoms with E-state index >= 15 is 0 Å². The number of anilines is 2. The molecule has 0 aliphatic heterocycles. The number of hydrogen-bond acceptors (Lipinski definition) is 6. The Kier molecular flexibility index (Phi) is 6.71. The largest absolute Gasteiger partial charge is 0.508 e. The van der Waals surface area contributed by atoms with Gasteiger partial charge in [-0.15, -0.1) is 0 Å². The van der Waals surface area contributed by atoms with Gasteiger partial charge in [-0.2, -0.15) is 0 Å². The van der Waals surface area contributed by atoms with Gasteiger partial charge in [0.05, 0.1) is 17.7 Å². The van der Waals surface area contributed by atoms with Crippen LogP contribution in [0.15, 0.2) is 77.7 Å². The molecule has 0 aliphatic rings.